The Hall–Kier alpha value is -3.81. The predicted octanol–water partition coefficient (Wildman–Crippen LogP) is -4.75. The van der Waals surface area contributed by atoms with Gasteiger partial charge in [0.2, 0.25) is 35.7 Å². The van der Waals surface area contributed by atoms with Crippen LogP contribution in [0.4, 0.5) is 47.1 Å². The molecule has 23 heteroatoms. The van der Waals surface area contributed by atoms with Crippen LogP contribution in [0.3, 0.4) is 0 Å². The van der Waals surface area contributed by atoms with Crippen LogP contribution >= 0.6 is 0 Å². The molecule has 0 radical (unpaired) electrons. The molecular weight excluding hydrogens is 679 g/mol. The second kappa shape index (κ2) is 20.6. The van der Waals surface area contributed by atoms with E-state index in [1.807, 2.05) is 0 Å². The molecule has 0 aliphatic rings. The van der Waals surface area contributed by atoms with Gasteiger partial charge in [0, 0.05) is 36.7 Å². The fourth-order valence-electron chi connectivity index (χ4n) is 3.43. The number of rotatable bonds is 20. The van der Waals surface area contributed by atoms with Crippen molar-refractivity contribution in [1.82, 2.24) is 29.9 Å². The van der Waals surface area contributed by atoms with Crippen molar-refractivity contribution in [3.05, 3.63) is 42.6 Å². The summed E-state index contributed by atoms with van der Waals surface area (Å²) in [6.07, 6.45) is 3.80. The molecule has 0 bridgehead atoms. The largest absolute Gasteiger partial charge is 1.00 e. The van der Waals surface area contributed by atoms with Gasteiger partial charge < -0.3 is 67.1 Å². The first-order valence-electron chi connectivity index (χ1n) is 14.2. The fourth-order valence-corrected chi connectivity index (χ4v) is 3.97. The summed E-state index contributed by atoms with van der Waals surface area (Å²) >= 11 is 0. The summed E-state index contributed by atoms with van der Waals surface area (Å²) in [5.41, 5.74) is 0.0543. The zero-order valence-corrected chi connectivity index (χ0v) is 29.3. The Bertz CT molecular complexity index is 1660. The third-order valence-corrected chi connectivity index (χ3v) is 6.52. The zero-order valence-electron chi connectivity index (χ0n) is 26.5. The van der Waals surface area contributed by atoms with E-state index >= 15 is 0 Å². The normalized spacial score (nSPS) is 13.4. The standard InChI is InChI=1S/C26H38N12O9S.Na/c1-15(12-40)30-24-35-23(29-11-19(44)14-42)37-26(38-24)32-17-7-16(8-20(9-17)48(45,46)47)31-25-34-21(27-5-3-2-4-6-39)33-22(36-25)28-10-18(43)13-41;/h2-5,7-9,15,18-19,39-44H,6,10-14H2,1H3,(H,45,46,47)(H3,27,28,31,33,34,36)(H3,29,30,32,35,37,38);/q;+1/p-1/b4-2+,5-3+;. The summed E-state index contributed by atoms with van der Waals surface area (Å²) in [5, 5.41) is 72.7. The Labute approximate surface area is 303 Å². The van der Waals surface area contributed by atoms with Gasteiger partial charge in [-0.2, -0.15) is 29.9 Å². The number of aromatic nitrogens is 6. The Kier molecular flexibility index (Phi) is 17.4. The van der Waals surface area contributed by atoms with Crippen molar-refractivity contribution in [2.45, 2.75) is 30.1 Å². The molecule has 0 fully saturated rings. The minimum absolute atomic E-state index is 0. The van der Waals surface area contributed by atoms with Gasteiger partial charge in [-0.25, -0.2) is 8.42 Å². The molecule has 2 heterocycles. The third-order valence-electron chi connectivity index (χ3n) is 5.70. The molecule has 0 aliphatic carbocycles. The molecule has 3 atom stereocenters. The molecule has 21 nitrogen and oxygen atoms in total. The number of hydrogen-bond donors (Lipinski definition) is 12. The third kappa shape index (κ3) is 14.7. The van der Waals surface area contributed by atoms with Crippen LogP contribution in [0.1, 0.15) is 6.92 Å². The summed E-state index contributed by atoms with van der Waals surface area (Å²) in [6.45, 7) is -0.0697. The molecule has 0 amide bonds. The molecule has 1 aromatic carbocycles. The molecule has 0 aliphatic heterocycles. The Morgan fingerprint density at radius 1 is 0.735 bits per heavy atom. The fraction of sp³-hybridized carbons (Fsp3) is 0.385. The summed E-state index contributed by atoms with van der Waals surface area (Å²) in [7, 11) is -5.00. The topological polar surface area (TPSA) is 328 Å². The molecule has 0 saturated carbocycles. The second-order valence-electron chi connectivity index (χ2n) is 9.84. The summed E-state index contributed by atoms with van der Waals surface area (Å²) in [5.74, 6) is -0.344. The van der Waals surface area contributed by atoms with Crippen LogP contribution in [0.2, 0.25) is 0 Å². The monoisotopic (exact) mass is 716 g/mol. The molecule has 12 N–H and O–H groups in total. The molecule has 49 heavy (non-hydrogen) atoms. The van der Waals surface area contributed by atoms with Crippen LogP contribution in [0.5, 0.6) is 0 Å². The quantitative estimate of drug-likeness (QED) is 0.0297. The zero-order chi connectivity index (χ0) is 35.1. The number of benzene rings is 1. The van der Waals surface area contributed by atoms with Crippen molar-refractivity contribution in [3.63, 3.8) is 0 Å². The van der Waals surface area contributed by atoms with Crippen molar-refractivity contribution in [3.8, 4) is 0 Å². The van der Waals surface area contributed by atoms with Gasteiger partial charge in [-0.15, -0.1) is 0 Å². The van der Waals surface area contributed by atoms with Crippen LogP contribution in [0, 0.1) is 0 Å². The SMILES string of the molecule is CC(CO)Nc1nc(NCC(O)CO)nc(Nc2cc(Nc3nc(N/C=C/C=C/CO)nc(NCC(O)CO)n3)cc(S(=O)(=O)[O-])c2)n1.[Na+]. The van der Waals surface area contributed by atoms with Gasteiger partial charge in [-0.1, -0.05) is 12.2 Å². The van der Waals surface area contributed by atoms with Crippen molar-refractivity contribution in [1.29, 1.82) is 0 Å². The van der Waals surface area contributed by atoms with Crippen LogP contribution in [-0.4, -0.2) is 131 Å². The van der Waals surface area contributed by atoms with Gasteiger partial charge in [0.15, 0.2) is 0 Å². The van der Waals surface area contributed by atoms with Crippen molar-refractivity contribution >= 4 is 57.2 Å². The maximum absolute atomic E-state index is 12.1. The van der Waals surface area contributed by atoms with Crippen molar-refractivity contribution < 1.29 is 73.2 Å². The van der Waals surface area contributed by atoms with Gasteiger partial charge in [0.25, 0.3) is 0 Å². The molecule has 3 unspecified atom stereocenters. The molecule has 0 saturated heterocycles. The number of aliphatic hydroxyl groups is 6. The van der Waals surface area contributed by atoms with E-state index in [9.17, 15) is 28.3 Å². The number of nitrogens with zero attached hydrogens (tertiary/aromatic N) is 6. The van der Waals surface area contributed by atoms with Gasteiger partial charge in [-0.3, -0.25) is 0 Å². The first kappa shape index (κ1) is 41.4. The van der Waals surface area contributed by atoms with E-state index in [0.29, 0.717) is 0 Å². The Morgan fingerprint density at radius 2 is 1.22 bits per heavy atom. The number of allylic oxidation sites excluding steroid dienone is 2. The van der Waals surface area contributed by atoms with E-state index in [4.69, 9.17) is 15.3 Å². The molecular formula is C26H37N12NaO9S. The van der Waals surface area contributed by atoms with Crippen LogP contribution in [0.15, 0.2) is 47.5 Å². The van der Waals surface area contributed by atoms with E-state index in [1.165, 1.54) is 18.3 Å². The number of hydrogen-bond acceptors (Lipinski definition) is 21. The van der Waals surface area contributed by atoms with E-state index in [0.717, 1.165) is 12.1 Å². The maximum Gasteiger partial charge on any atom is 1.00 e. The van der Waals surface area contributed by atoms with E-state index < -0.39 is 46.5 Å². The molecule has 3 rings (SSSR count). The van der Waals surface area contributed by atoms with E-state index in [1.54, 1.807) is 19.1 Å². The molecule has 2 aromatic heterocycles. The number of anilines is 8. The van der Waals surface area contributed by atoms with Crippen LogP contribution < -0.4 is 61.5 Å². The van der Waals surface area contributed by atoms with Crippen molar-refractivity contribution in [2.75, 3.05) is 71.4 Å². The second-order valence-corrected chi connectivity index (χ2v) is 11.2. The van der Waals surface area contributed by atoms with E-state index in [2.05, 4.69) is 61.8 Å². The summed E-state index contributed by atoms with van der Waals surface area (Å²) in [4.78, 5) is 24.5. The minimum atomic E-state index is -5.00. The smallest absolute Gasteiger partial charge is 0.744 e. The van der Waals surface area contributed by atoms with Gasteiger partial charge >= 0.3 is 29.6 Å². The first-order valence-corrected chi connectivity index (χ1v) is 15.6. The average Bonchev–Trinajstić information content (AvgIpc) is 3.05. The number of nitrogens with one attached hydrogen (secondary N) is 6. The summed E-state index contributed by atoms with van der Waals surface area (Å²) in [6, 6.07) is 3.00. The number of aliphatic hydroxyl groups excluding tert-OH is 6. The first-order chi connectivity index (χ1) is 22.9. The average molecular weight is 717 g/mol. The van der Waals surface area contributed by atoms with Gasteiger partial charge in [0.05, 0.1) is 43.5 Å². The van der Waals surface area contributed by atoms with E-state index in [-0.39, 0.29) is 103 Å². The van der Waals surface area contributed by atoms with Gasteiger partial charge in [-0.05, 0) is 31.2 Å². The summed E-state index contributed by atoms with van der Waals surface area (Å²) < 4.78 is 36.3. The van der Waals surface area contributed by atoms with Crippen LogP contribution in [-0.2, 0) is 10.1 Å². The Morgan fingerprint density at radius 3 is 1.71 bits per heavy atom. The molecule has 3 aromatic rings. The van der Waals surface area contributed by atoms with Crippen LogP contribution in [0.25, 0.3) is 0 Å². The maximum atomic E-state index is 12.1. The van der Waals surface area contributed by atoms with Gasteiger partial charge in [0.1, 0.15) is 10.1 Å². The van der Waals surface area contributed by atoms with Crippen molar-refractivity contribution in [2.24, 2.45) is 0 Å². The molecule has 262 valence electrons. The Balaban J connectivity index is 0.00000833. The minimum Gasteiger partial charge on any atom is -0.744 e. The predicted molar refractivity (Wildman–Crippen MR) is 173 cm³/mol. The molecule has 0 spiro atoms.